The maximum absolute atomic E-state index is 12.8. The number of rotatable bonds is 4. The van der Waals surface area contributed by atoms with E-state index >= 15 is 0 Å². The monoisotopic (exact) mass is 212 g/mol. The molecule has 1 nitrogen and oxygen atoms in total. The molecule has 1 aromatic rings. The van der Waals surface area contributed by atoms with Crippen LogP contribution in [0.25, 0.3) is 0 Å². The first-order chi connectivity index (χ1) is 6.99. The predicted molar refractivity (Wildman–Crippen MR) is 54.5 cm³/mol. The minimum atomic E-state index is -0.595. The van der Waals surface area contributed by atoms with Crippen LogP contribution in [0.2, 0.25) is 0 Å². The molecule has 15 heavy (non-hydrogen) atoms. The number of ketones is 1. The average Bonchev–Trinajstić information content (AvgIpc) is 2.12. The number of carbonyl (C=O) groups excluding carboxylic acids is 1. The molecule has 1 rings (SSSR count). The van der Waals surface area contributed by atoms with Gasteiger partial charge in [0.1, 0.15) is 17.4 Å². The van der Waals surface area contributed by atoms with Crippen LogP contribution < -0.4 is 0 Å². The number of Topliss-reactive ketones (excluding diaryl/α,β-unsaturated/α-hetero) is 1. The maximum atomic E-state index is 12.8. The molecule has 0 radical (unpaired) electrons. The molecule has 0 saturated carbocycles. The molecule has 0 fully saturated rings. The Bertz CT molecular complexity index is 338. The number of halogens is 2. The molecule has 82 valence electrons. The van der Waals surface area contributed by atoms with Crippen LogP contribution in [0, 0.1) is 17.6 Å². The summed E-state index contributed by atoms with van der Waals surface area (Å²) in [6, 6.07) is 3.35. The van der Waals surface area contributed by atoms with Gasteiger partial charge in [0.25, 0.3) is 0 Å². The van der Waals surface area contributed by atoms with Gasteiger partial charge < -0.3 is 0 Å². The van der Waals surface area contributed by atoms with Crippen molar-refractivity contribution in [1.29, 1.82) is 0 Å². The van der Waals surface area contributed by atoms with Gasteiger partial charge in [-0.1, -0.05) is 13.8 Å². The van der Waals surface area contributed by atoms with Crippen LogP contribution in [0.4, 0.5) is 8.78 Å². The molecule has 0 spiro atoms. The third kappa shape index (κ3) is 3.78. The third-order valence-electron chi connectivity index (χ3n) is 2.23. The van der Waals surface area contributed by atoms with E-state index < -0.39 is 11.6 Å². The summed E-state index contributed by atoms with van der Waals surface area (Å²) < 4.78 is 25.6. The molecular formula is C12H14F2O. The van der Waals surface area contributed by atoms with Gasteiger partial charge in [0.05, 0.1) is 0 Å². The van der Waals surface area contributed by atoms with Gasteiger partial charge in [-0.2, -0.15) is 0 Å². The highest BCUT2D eigenvalue weighted by atomic mass is 19.1. The Hall–Kier alpha value is -1.25. The first kappa shape index (κ1) is 11.8. The fraction of sp³-hybridized carbons (Fsp3) is 0.417. The van der Waals surface area contributed by atoms with Crippen molar-refractivity contribution < 1.29 is 13.6 Å². The quantitative estimate of drug-likeness (QED) is 0.749. The lowest BCUT2D eigenvalue weighted by Gasteiger charge is -2.04. The van der Waals surface area contributed by atoms with E-state index in [9.17, 15) is 13.6 Å². The first-order valence-electron chi connectivity index (χ1n) is 4.96. The maximum Gasteiger partial charge on any atom is 0.135 e. The van der Waals surface area contributed by atoms with Crippen LogP contribution in [0.5, 0.6) is 0 Å². The Labute approximate surface area is 88.1 Å². The molecule has 0 N–H and O–H groups in total. The number of benzene rings is 1. The van der Waals surface area contributed by atoms with Crippen molar-refractivity contribution in [2.75, 3.05) is 0 Å². The fourth-order valence-electron chi connectivity index (χ4n) is 1.31. The van der Waals surface area contributed by atoms with E-state index in [1.165, 1.54) is 12.1 Å². The molecule has 0 aromatic heterocycles. The van der Waals surface area contributed by atoms with E-state index in [0.29, 0.717) is 18.4 Å². The van der Waals surface area contributed by atoms with Gasteiger partial charge in [0.15, 0.2) is 0 Å². The van der Waals surface area contributed by atoms with Gasteiger partial charge in [0, 0.05) is 18.4 Å². The largest absolute Gasteiger partial charge is 0.299 e. The fourth-order valence-corrected chi connectivity index (χ4v) is 1.31. The Morgan fingerprint density at radius 1 is 1.20 bits per heavy atom. The summed E-state index contributed by atoms with van der Waals surface area (Å²) in [7, 11) is 0. The van der Waals surface area contributed by atoms with Crippen LogP contribution in [-0.4, -0.2) is 5.78 Å². The zero-order chi connectivity index (χ0) is 11.4. The number of aryl methyl sites for hydroxylation is 1. The summed E-state index contributed by atoms with van der Waals surface area (Å²) in [4.78, 5) is 11.3. The van der Waals surface area contributed by atoms with Crippen molar-refractivity contribution >= 4 is 5.78 Å². The summed E-state index contributed by atoms with van der Waals surface area (Å²) in [6.07, 6.45) is 0.728. The minimum Gasteiger partial charge on any atom is -0.299 e. The second-order valence-corrected chi connectivity index (χ2v) is 3.90. The van der Waals surface area contributed by atoms with Crippen molar-refractivity contribution in [1.82, 2.24) is 0 Å². The Morgan fingerprint density at radius 3 is 2.20 bits per heavy atom. The van der Waals surface area contributed by atoms with Crippen LogP contribution in [0.3, 0.4) is 0 Å². The first-order valence-corrected chi connectivity index (χ1v) is 4.96. The van der Waals surface area contributed by atoms with Crippen LogP contribution in [0.15, 0.2) is 18.2 Å². The summed E-state index contributed by atoms with van der Waals surface area (Å²) in [6.45, 7) is 3.63. The standard InChI is InChI=1S/C12H14F2O/c1-8(2)12(15)4-3-9-5-10(13)7-11(14)6-9/h5-8H,3-4H2,1-2H3. The van der Waals surface area contributed by atoms with Gasteiger partial charge in [-0.25, -0.2) is 8.78 Å². The number of hydrogen-bond donors (Lipinski definition) is 0. The van der Waals surface area contributed by atoms with Gasteiger partial charge in [-0.3, -0.25) is 4.79 Å². The van der Waals surface area contributed by atoms with Crippen LogP contribution in [0.1, 0.15) is 25.8 Å². The van der Waals surface area contributed by atoms with Crippen LogP contribution >= 0.6 is 0 Å². The van der Waals surface area contributed by atoms with Crippen molar-refractivity contribution in [3.8, 4) is 0 Å². The lowest BCUT2D eigenvalue weighted by Crippen LogP contribution is -2.08. The summed E-state index contributed by atoms with van der Waals surface area (Å²) in [5.74, 6) is -1.10. The van der Waals surface area contributed by atoms with Crippen molar-refractivity contribution in [2.45, 2.75) is 26.7 Å². The summed E-state index contributed by atoms with van der Waals surface area (Å²) in [5, 5.41) is 0. The molecule has 0 unspecified atom stereocenters. The molecule has 0 aliphatic heterocycles. The van der Waals surface area contributed by atoms with E-state index in [1.54, 1.807) is 0 Å². The average molecular weight is 212 g/mol. The SMILES string of the molecule is CC(C)C(=O)CCc1cc(F)cc(F)c1. The normalized spacial score (nSPS) is 10.7. The minimum absolute atomic E-state index is 0.0246. The van der Waals surface area contributed by atoms with Crippen LogP contribution in [-0.2, 0) is 11.2 Å². The highest BCUT2D eigenvalue weighted by Crippen LogP contribution is 2.11. The molecule has 0 saturated heterocycles. The molecule has 0 atom stereocenters. The van der Waals surface area contributed by atoms with E-state index in [0.717, 1.165) is 6.07 Å². The summed E-state index contributed by atoms with van der Waals surface area (Å²) >= 11 is 0. The lowest BCUT2D eigenvalue weighted by molar-refractivity contribution is -0.121. The predicted octanol–water partition coefficient (Wildman–Crippen LogP) is 3.12. The topological polar surface area (TPSA) is 17.1 Å². The lowest BCUT2D eigenvalue weighted by atomic mass is 10.0. The van der Waals surface area contributed by atoms with E-state index in [-0.39, 0.29) is 11.7 Å². The molecule has 0 aliphatic carbocycles. The van der Waals surface area contributed by atoms with E-state index in [2.05, 4.69) is 0 Å². The molecule has 0 heterocycles. The van der Waals surface area contributed by atoms with Gasteiger partial charge in [-0.15, -0.1) is 0 Å². The Kier molecular flexibility index (Phi) is 3.95. The molecule has 1 aromatic carbocycles. The zero-order valence-electron chi connectivity index (χ0n) is 8.89. The van der Waals surface area contributed by atoms with E-state index in [4.69, 9.17) is 0 Å². The third-order valence-corrected chi connectivity index (χ3v) is 2.23. The second kappa shape index (κ2) is 5.01. The Morgan fingerprint density at radius 2 is 1.73 bits per heavy atom. The van der Waals surface area contributed by atoms with Gasteiger partial charge >= 0.3 is 0 Å². The summed E-state index contributed by atoms with van der Waals surface area (Å²) in [5.41, 5.74) is 0.529. The smallest absolute Gasteiger partial charge is 0.135 e. The van der Waals surface area contributed by atoms with E-state index in [1.807, 2.05) is 13.8 Å². The van der Waals surface area contributed by atoms with Crippen molar-refractivity contribution in [3.05, 3.63) is 35.4 Å². The van der Waals surface area contributed by atoms with Gasteiger partial charge in [-0.05, 0) is 24.1 Å². The molecule has 0 aliphatic rings. The second-order valence-electron chi connectivity index (χ2n) is 3.90. The molecular weight excluding hydrogens is 198 g/mol. The Balaban J connectivity index is 2.61. The van der Waals surface area contributed by atoms with Gasteiger partial charge in [0.2, 0.25) is 0 Å². The van der Waals surface area contributed by atoms with Crippen molar-refractivity contribution in [2.24, 2.45) is 5.92 Å². The molecule has 3 heteroatoms. The zero-order valence-corrected chi connectivity index (χ0v) is 8.89. The molecule has 0 amide bonds. The van der Waals surface area contributed by atoms with Crippen molar-refractivity contribution in [3.63, 3.8) is 0 Å². The highest BCUT2D eigenvalue weighted by Gasteiger charge is 2.08. The number of carbonyl (C=O) groups is 1. The number of hydrogen-bond acceptors (Lipinski definition) is 1. The molecule has 0 bridgehead atoms. The highest BCUT2D eigenvalue weighted by molar-refractivity contribution is 5.80.